The lowest BCUT2D eigenvalue weighted by atomic mass is 10.1. The van der Waals surface area contributed by atoms with E-state index in [2.05, 4.69) is 15.6 Å². The van der Waals surface area contributed by atoms with Crippen LogP contribution in [0.4, 0.5) is 8.78 Å². The Bertz CT molecular complexity index is 879. The van der Waals surface area contributed by atoms with Crippen LogP contribution in [0.2, 0.25) is 0 Å². The molecule has 0 saturated heterocycles. The summed E-state index contributed by atoms with van der Waals surface area (Å²) in [6.07, 6.45) is 4.97. The lowest BCUT2D eigenvalue weighted by molar-refractivity contribution is -0.146. The van der Waals surface area contributed by atoms with Crippen LogP contribution >= 0.6 is 11.3 Å². The van der Waals surface area contributed by atoms with Crippen LogP contribution in [0, 0.1) is 6.92 Å². The van der Waals surface area contributed by atoms with E-state index in [-0.39, 0.29) is 19.0 Å². The molecule has 0 aliphatic carbocycles. The van der Waals surface area contributed by atoms with Gasteiger partial charge in [0.2, 0.25) is 5.91 Å². The summed E-state index contributed by atoms with van der Waals surface area (Å²) in [5.74, 6) is -4.74. The number of carbonyl (C=O) groups excluding carboxylic acids is 2. The van der Waals surface area contributed by atoms with E-state index in [0.29, 0.717) is 25.9 Å². The van der Waals surface area contributed by atoms with Gasteiger partial charge in [-0.1, -0.05) is 16.9 Å². The van der Waals surface area contributed by atoms with Gasteiger partial charge in [0.15, 0.2) is 0 Å². The van der Waals surface area contributed by atoms with Crippen molar-refractivity contribution in [1.82, 2.24) is 25.2 Å². The number of hydrogen-bond acceptors (Lipinski definition) is 5. The van der Waals surface area contributed by atoms with Gasteiger partial charge in [-0.25, -0.2) is 0 Å². The fraction of sp³-hybridized carbons (Fsp3) is 0.474. The van der Waals surface area contributed by atoms with Crippen LogP contribution in [0.3, 0.4) is 0 Å². The van der Waals surface area contributed by atoms with Gasteiger partial charge < -0.3 is 10.2 Å². The number of halogens is 2. The van der Waals surface area contributed by atoms with Crippen LogP contribution in [-0.4, -0.2) is 57.3 Å². The van der Waals surface area contributed by atoms with Crippen LogP contribution in [0.15, 0.2) is 36.2 Å². The Labute approximate surface area is 171 Å². The summed E-state index contributed by atoms with van der Waals surface area (Å²) in [5, 5.41) is 9.45. The highest BCUT2D eigenvalue weighted by molar-refractivity contribution is 7.12. The second kappa shape index (κ2) is 9.25. The first-order valence-corrected chi connectivity index (χ1v) is 10.2. The van der Waals surface area contributed by atoms with E-state index in [9.17, 15) is 18.4 Å². The standard InChI is InChI=1S/C19H23F2N5O2S/c1-14-2-3-16(29-14)12-17(27)25-8-4-15(5-9-25)13-22-18(28)19(20,21)6-10-26-11-7-23-24-26/h2-4,7,11H,5-6,8-10,12-13H2,1H3,(H,22,28). The van der Waals surface area contributed by atoms with Crippen LogP contribution in [0.1, 0.15) is 22.6 Å². The summed E-state index contributed by atoms with van der Waals surface area (Å²) in [5.41, 5.74) is 0.849. The Hall–Kier alpha value is -2.62. The molecule has 2 aromatic rings. The van der Waals surface area contributed by atoms with E-state index < -0.39 is 18.3 Å². The van der Waals surface area contributed by atoms with Crippen molar-refractivity contribution in [2.24, 2.45) is 0 Å². The van der Waals surface area contributed by atoms with Crippen LogP contribution in [0.5, 0.6) is 0 Å². The molecular formula is C19H23F2N5O2S. The number of hydrogen-bond donors (Lipinski definition) is 1. The second-order valence-electron chi connectivity index (χ2n) is 6.94. The highest BCUT2D eigenvalue weighted by Gasteiger charge is 2.38. The summed E-state index contributed by atoms with van der Waals surface area (Å²) in [6.45, 7) is 2.92. The van der Waals surface area contributed by atoms with E-state index in [1.807, 2.05) is 25.1 Å². The molecule has 0 spiro atoms. The van der Waals surface area contributed by atoms with Gasteiger partial charge in [-0.2, -0.15) is 8.78 Å². The maximum atomic E-state index is 14.0. The van der Waals surface area contributed by atoms with Crippen molar-refractivity contribution in [3.63, 3.8) is 0 Å². The summed E-state index contributed by atoms with van der Waals surface area (Å²) < 4.78 is 29.2. The van der Waals surface area contributed by atoms with Gasteiger partial charge >= 0.3 is 5.92 Å². The summed E-state index contributed by atoms with van der Waals surface area (Å²) in [7, 11) is 0. The number of nitrogens with one attached hydrogen (secondary N) is 1. The highest BCUT2D eigenvalue weighted by Crippen LogP contribution is 2.20. The first-order chi connectivity index (χ1) is 13.8. The molecule has 0 aromatic carbocycles. The second-order valence-corrected chi connectivity index (χ2v) is 8.32. The SMILES string of the molecule is Cc1ccc(CC(=O)N2CC=C(CNC(=O)C(F)(F)CCn3ccnn3)CC2)s1. The molecule has 29 heavy (non-hydrogen) atoms. The number of aryl methyl sites for hydroxylation is 2. The van der Waals surface area contributed by atoms with Crippen molar-refractivity contribution in [2.45, 2.75) is 38.7 Å². The third-order valence-corrected chi connectivity index (χ3v) is 5.71. The third kappa shape index (κ3) is 5.93. The Morgan fingerprint density at radius 3 is 2.79 bits per heavy atom. The quantitative estimate of drug-likeness (QED) is 0.660. The third-order valence-electron chi connectivity index (χ3n) is 4.71. The predicted molar refractivity (Wildman–Crippen MR) is 105 cm³/mol. The molecule has 0 saturated carbocycles. The average molecular weight is 423 g/mol. The molecule has 3 heterocycles. The Balaban J connectivity index is 1.42. The van der Waals surface area contributed by atoms with Crippen molar-refractivity contribution in [3.05, 3.63) is 45.9 Å². The molecule has 0 radical (unpaired) electrons. The molecule has 1 aliphatic rings. The van der Waals surface area contributed by atoms with Crippen molar-refractivity contribution in [2.75, 3.05) is 19.6 Å². The minimum Gasteiger partial charge on any atom is -0.347 e. The monoisotopic (exact) mass is 423 g/mol. The molecule has 0 fully saturated rings. The van der Waals surface area contributed by atoms with E-state index >= 15 is 0 Å². The lowest BCUT2D eigenvalue weighted by Gasteiger charge is -2.27. The number of rotatable bonds is 8. The highest BCUT2D eigenvalue weighted by atomic mass is 32.1. The van der Waals surface area contributed by atoms with E-state index in [0.717, 1.165) is 10.5 Å². The molecule has 2 amide bonds. The van der Waals surface area contributed by atoms with Crippen LogP contribution in [0.25, 0.3) is 0 Å². The Morgan fingerprint density at radius 1 is 1.34 bits per heavy atom. The normalized spacial score (nSPS) is 14.6. The van der Waals surface area contributed by atoms with E-state index in [1.165, 1.54) is 22.0 Å². The van der Waals surface area contributed by atoms with Crippen molar-refractivity contribution in [1.29, 1.82) is 0 Å². The minimum atomic E-state index is -3.48. The smallest absolute Gasteiger partial charge is 0.326 e. The van der Waals surface area contributed by atoms with Crippen molar-refractivity contribution in [3.8, 4) is 0 Å². The molecule has 7 nitrogen and oxygen atoms in total. The zero-order chi connectivity index (χ0) is 20.9. The molecule has 2 aromatic heterocycles. The first kappa shape index (κ1) is 21.1. The van der Waals surface area contributed by atoms with E-state index in [4.69, 9.17) is 0 Å². The molecule has 0 atom stereocenters. The lowest BCUT2D eigenvalue weighted by Crippen LogP contribution is -2.42. The number of nitrogens with zero attached hydrogens (tertiary/aromatic N) is 4. The largest absolute Gasteiger partial charge is 0.347 e. The number of thiophene rings is 1. The minimum absolute atomic E-state index is 0.0471. The molecule has 1 aliphatic heterocycles. The summed E-state index contributed by atoms with van der Waals surface area (Å²) in [4.78, 5) is 28.2. The van der Waals surface area contributed by atoms with Crippen molar-refractivity contribution < 1.29 is 18.4 Å². The summed E-state index contributed by atoms with van der Waals surface area (Å²) >= 11 is 1.61. The zero-order valence-corrected chi connectivity index (χ0v) is 16.9. The van der Waals surface area contributed by atoms with Gasteiger partial charge in [0, 0.05) is 48.6 Å². The van der Waals surface area contributed by atoms with Crippen LogP contribution < -0.4 is 5.32 Å². The van der Waals surface area contributed by atoms with Gasteiger partial charge in [-0.15, -0.1) is 16.4 Å². The molecule has 10 heteroatoms. The topological polar surface area (TPSA) is 80.1 Å². The Kier molecular flexibility index (Phi) is 6.73. The van der Waals surface area contributed by atoms with Gasteiger partial charge in [0.25, 0.3) is 5.91 Å². The maximum Gasteiger partial charge on any atom is 0.326 e. The fourth-order valence-electron chi connectivity index (χ4n) is 2.98. The van der Waals surface area contributed by atoms with Gasteiger partial charge in [0.1, 0.15) is 0 Å². The average Bonchev–Trinajstić information content (AvgIpc) is 3.36. The van der Waals surface area contributed by atoms with Gasteiger partial charge in [-0.05, 0) is 25.5 Å². The van der Waals surface area contributed by atoms with Crippen LogP contribution in [-0.2, 0) is 22.6 Å². The molecule has 0 bridgehead atoms. The number of carbonyl (C=O) groups is 2. The number of amides is 2. The maximum absolute atomic E-state index is 14.0. The molecule has 156 valence electrons. The fourth-order valence-corrected chi connectivity index (χ4v) is 3.86. The predicted octanol–water partition coefficient (Wildman–Crippen LogP) is 2.19. The number of aromatic nitrogens is 3. The molecule has 0 unspecified atom stereocenters. The first-order valence-electron chi connectivity index (χ1n) is 9.35. The number of alkyl halides is 2. The molecule has 3 rings (SSSR count). The summed E-state index contributed by atoms with van der Waals surface area (Å²) in [6, 6.07) is 3.95. The van der Waals surface area contributed by atoms with Crippen molar-refractivity contribution >= 4 is 23.2 Å². The molecule has 1 N–H and O–H groups in total. The molecular weight excluding hydrogens is 400 g/mol. The van der Waals surface area contributed by atoms with E-state index in [1.54, 1.807) is 16.2 Å². The van der Waals surface area contributed by atoms with Gasteiger partial charge in [-0.3, -0.25) is 14.3 Å². The Morgan fingerprint density at radius 2 is 2.17 bits per heavy atom. The zero-order valence-electron chi connectivity index (χ0n) is 16.1. The van der Waals surface area contributed by atoms with Gasteiger partial charge in [0.05, 0.1) is 12.6 Å².